The molecule has 2 fully saturated rings. The third kappa shape index (κ3) is 4.68. The highest BCUT2D eigenvalue weighted by molar-refractivity contribution is 5.83. The SMILES string of the molecule is COCCN1CCN([C@H](C)C(=O)N2CCC[C@H](C(N)=O)C2)C[C@@H]1C. The van der Waals surface area contributed by atoms with Crippen molar-refractivity contribution in [2.45, 2.75) is 38.8 Å². The van der Waals surface area contributed by atoms with E-state index in [4.69, 9.17) is 10.5 Å². The summed E-state index contributed by atoms with van der Waals surface area (Å²) in [5.74, 6) is -0.362. The molecular weight excluding hydrogens is 308 g/mol. The Morgan fingerprint density at radius 3 is 2.62 bits per heavy atom. The number of ether oxygens (including phenoxy) is 1. The number of amides is 2. The minimum absolute atomic E-state index is 0.124. The number of primary amides is 1. The number of methoxy groups -OCH3 is 1. The number of nitrogens with zero attached hydrogens (tertiary/aromatic N) is 3. The summed E-state index contributed by atoms with van der Waals surface area (Å²) in [5, 5.41) is 0. The molecule has 3 atom stereocenters. The lowest BCUT2D eigenvalue weighted by Crippen LogP contribution is -2.59. The Bertz CT molecular complexity index is 446. The van der Waals surface area contributed by atoms with E-state index in [0.717, 1.165) is 52.2 Å². The molecular formula is C17H32N4O3. The first-order chi connectivity index (χ1) is 11.4. The number of carbonyl (C=O) groups is 2. The van der Waals surface area contributed by atoms with Gasteiger partial charge in [-0.3, -0.25) is 19.4 Å². The van der Waals surface area contributed by atoms with E-state index in [2.05, 4.69) is 16.7 Å². The van der Waals surface area contributed by atoms with Gasteiger partial charge in [0.15, 0.2) is 0 Å². The summed E-state index contributed by atoms with van der Waals surface area (Å²) in [5.41, 5.74) is 5.42. The van der Waals surface area contributed by atoms with Gasteiger partial charge >= 0.3 is 0 Å². The van der Waals surface area contributed by atoms with Gasteiger partial charge in [0.05, 0.1) is 18.6 Å². The molecule has 2 saturated heterocycles. The van der Waals surface area contributed by atoms with Crippen LogP contribution in [0.25, 0.3) is 0 Å². The normalized spacial score (nSPS) is 27.9. The van der Waals surface area contributed by atoms with Crippen LogP contribution in [-0.4, -0.2) is 91.6 Å². The van der Waals surface area contributed by atoms with Crippen molar-refractivity contribution in [1.82, 2.24) is 14.7 Å². The maximum Gasteiger partial charge on any atom is 0.239 e. The average Bonchev–Trinajstić information content (AvgIpc) is 2.59. The molecule has 7 nitrogen and oxygen atoms in total. The van der Waals surface area contributed by atoms with Crippen LogP contribution in [0.2, 0.25) is 0 Å². The molecule has 2 aliphatic heterocycles. The predicted molar refractivity (Wildman–Crippen MR) is 92.4 cm³/mol. The van der Waals surface area contributed by atoms with Crippen molar-refractivity contribution < 1.29 is 14.3 Å². The molecule has 0 saturated carbocycles. The Labute approximate surface area is 145 Å². The first kappa shape index (κ1) is 19.1. The lowest BCUT2D eigenvalue weighted by molar-refractivity contribution is -0.140. The number of nitrogens with two attached hydrogens (primary N) is 1. The summed E-state index contributed by atoms with van der Waals surface area (Å²) in [4.78, 5) is 30.7. The van der Waals surface area contributed by atoms with Gasteiger partial charge in [-0.15, -0.1) is 0 Å². The number of rotatable bonds is 6. The van der Waals surface area contributed by atoms with E-state index in [1.165, 1.54) is 0 Å². The molecule has 24 heavy (non-hydrogen) atoms. The number of piperidine rings is 1. The predicted octanol–water partition coefficient (Wildman–Crippen LogP) is -0.249. The quantitative estimate of drug-likeness (QED) is 0.721. The number of carbonyl (C=O) groups excluding carboxylic acids is 2. The fraction of sp³-hybridized carbons (Fsp3) is 0.882. The second-order valence-electron chi connectivity index (χ2n) is 7.07. The summed E-state index contributed by atoms with van der Waals surface area (Å²) in [6, 6.07) is 0.257. The Morgan fingerprint density at radius 1 is 1.25 bits per heavy atom. The van der Waals surface area contributed by atoms with Gasteiger partial charge in [0.2, 0.25) is 11.8 Å². The molecule has 138 valence electrons. The number of likely N-dealkylation sites (tertiary alicyclic amines) is 1. The fourth-order valence-electron chi connectivity index (χ4n) is 3.75. The molecule has 0 spiro atoms. The minimum atomic E-state index is -0.291. The van der Waals surface area contributed by atoms with Gasteiger partial charge in [-0.2, -0.15) is 0 Å². The van der Waals surface area contributed by atoms with E-state index in [9.17, 15) is 9.59 Å². The third-order valence-corrected chi connectivity index (χ3v) is 5.42. The van der Waals surface area contributed by atoms with E-state index in [1.807, 2.05) is 11.8 Å². The van der Waals surface area contributed by atoms with Crippen molar-refractivity contribution in [2.24, 2.45) is 11.7 Å². The highest BCUT2D eigenvalue weighted by Crippen LogP contribution is 2.19. The van der Waals surface area contributed by atoms with Crippen LogP contribution < -0.4 is 5.73 Å². The number of hydrogen-bond donors (Lipinski definition) is 1. The molecule has 0 aromatic carbocycles. The molecule has 0 aliphatic carbocycles. The van der Waals surface area contributed by atoms with Crippen molar-refractivity contribution in [3.63, 3.8) is 0 Å². The van der Waals surface area contributed by atoms with Gasteiger partial charge < -0.3 is 15.4 Å². The average molecular weight is 340 g/mol. The molecule has 0 radical (unpaired) electrons. The Hall–Kier alpha value is -1.18. The molecule has 0 unspecified atom stereocenters. The van der Waals surface area contributed by atoms with Crippen molar-refractivity contribution >= 4 is 11.8 Å². The molecule has 2 aliphatic rings. The molecule has 2 amide bonds. The van der Waals surface area contributed by atoms with Crippen molar-refractivity contribution in [3.8, 4) is 0 Å². The molecule has 2 N–H and O–H groups in total. The van der Waals surface area contributed by atoms with Crippen LogP contribution in [-0.2, 0) is 14.3 Å². The molecule has 2 heterocycles. The summed E-state index contributed by atoms with van der Waals surface area (Å²) in [7, 11) is 1.72. The first-order valence-corrected chi connectivity index (χ1v) is 8.99. The van der Waals surface area contributed by atoms with Crippen LogP contribution >= 0.6 is 0 Å². The van der Waals surface area contributed by atoms with E-state index in [-0.39, 0.29) is 23.8 Å². The van der Waals surface area contributed by atoms with Crippen LogP contribution in [0.4, 0.5) is 0 Å². The van der Waals surface area contributed by atoms with Gasteiger partial charge in [0.25, 0.3) is 0 Å². The zero-order chi connectivity index (χ0) is 17.7. The standard InChI is InChI=1S/C17H32N4O3/c1-13-11-20(8-7-19(13)9-10-24-3)14(2)17(23)21-6-4-5-15(12-21)16(18)22/h13-15H,4-12H2,1-3H3,(H2,18,22)/t13-,14+,15-/m0/s1. The fourth-order valence-corrected chi connectivity index (χ4v) is 3.75. The van der Waals surface area contributed by atoms with Gasteiger partial charge in [-0.05, 0) is 26.7 Å². The highest BCUT2D eigenvalue weighted by Gasteiger charge is 2.34. The topological polar surface area (TPSA) is 79.1 Å². The number of piperazine rings is 1. The van der Waals surface area contributed by atoms with E-state index >= 15 is 0 Å². The van der Waals surface area contributed by atoms with Gasteiger partial charge in [0.1, 0.15) is 0 Å². The first-order valence-electron chi connectivity index (χ1n) is 8.99. The maximum absolute atomic E-state index is 12.8. The van der Waals surface area contributed by atoms with Crippen LogP contribution in [0.3, 0.4) is 0 Å². The molecule has 0 aromatic rings. The van der Waals surface area contributed by atoms with Gasteiger partial charge in [-0.1, -0.05) is 0 Å². The lowest BCUT2D eigenvalue weighted by atomic mass is 9.97. The third-order valence-electron chi connectivity index (χ3n) is 5.42. The van der Waals surface area contributed by atoms with Crippen molar-refractivity contribution in [1.29, 1.82) is 0 Å². The lowest BCUT2D eigenvalue weighted by Gasteiger charge is -2.43. The minimum Gasteiger partial charge on any atom is -0.383 e. The summed E-state index contributed by atoms with van der Waals surface area (Å²) in [6.07, 6.45) is 1.65. The van der Waals surface area contributed by atoms with Crippen molar-refractivity contribution in [3.05, 3.63) is 0 Å². The van der Waals surface area contributed by atoms with E-state index in [0.29, 0.717) is 12.6 Å². The summed E-state index contributed by atoms with van der Waals surface area (Å²) in [6.45, 7) is 9.76. The second kappa shape index (κ2) is 8.78. The molecule has 0 aromatic heterocycles. The Morgan fingerprint density at radius 2 is 2.00 bits per heavy atom. The summed E-state index contributed by atoms with van der Waals surface area (Å²) < 4.78 is 5.16. The molecule has 2 rings (SSSR count). The zero-order valence-corrected chi connectivity index (χ0v) is 15.2. The van der Waals surface area contributed by atoms with Crippen LogP contribution in [0.15, 0.2) is 0 Å². The Balaban J connectivity index is 1.88. The number of hydrogen-bond acceptors (Lipinski definition) is 5. The van der Waals surface area contributed by atoms with Crippen LogP contribution in [0.5, 0.6) is 0 Å². The monoisotopic (exact) mass is 340 g/mol. The summed E-state index contributed by atoms with van der Waals surface area (Å²) >= 11 is 0. The second-order valence-corrected chi connectivity index (χ2v) is 7.07. The smallest absolute Gasteiger partial charge is 0.239 e. The molecule has 7 heteroatoms. The van der Waals surface area contributed by atoms with E-state index < -0.39 is 0 Å². The Kier molecular flexibility index (Phi) is 7.01. The van der Waals surface area contributed by atoms with Gasteiger partial charge in [0, 0.05) is 52.4 Å². The van der Waals surface area contributed by atoms with Gasteiger partial charge in [-0.25, -0.2) is 0 Å². The van der Waals surface area contributed by atoms with E-state index in [1.54, 1.807) is 7.11 Å². The van der Waals surface area contributed by atoms with Crippen molar-refractivity contribution in [2.75, 3.05) is 53.0 Å². The largest absolute Gasteiger partial charge is 0.383 e. The molecule has 0 bridgehead atoms. The zero-order valence-electron chi connectivity index (χ0n) is 15.2. The van der Waals surface area contributed by atoms with Crippen LogP contribution in [0.1, 0.15) is 26.7 Å². The maximum atomic E-state index is 12.8. The van der Waals surface area contributed by atoms with Crippen LogP contribution in [0, 0.1) is 5.92 Å². The highest BCUT2D eigenvalue weighted by atomic mass is 16.5.